The van der Waals surface area contributed by atoms with E-state index in [0.29, 0.717) is 0 Å². The van der Waals surface area contributed by atoms with Crippen LogP contribution in [0.3, 0.4) is 0 Å². The quantitative estimate of drug-likeness (QED) is 0.170. The van der Waals surface area contributed by atoms with E-state index in [2.05, 4.69) is 217 Å². The van der Waals surface area contributed by atoms with Gasteiger partial charge in [0.05, 0.1) is 11.4 Å². The van der Waals surface area contributed by atoms with E-state index in [-0.39, 0.29) is 0 Å². The highest BCUT2D eigenvalue weighted by Crippen LogP contribution is 2.47. The molecule has 0 N–H and O–H groups in total. The fourth-order valence-electron chi connectivity index (χ4n) is 8.19. The number of hydrogen-bond donors (Lipinski definition) is 0. The Morgan fingerprint density at radius 2 is 0.604 bits per heavy atom. The Hall–Kier alpha value is -6.96. The predicted octanol–water partition coefficient (Wildman–Crippen LogP) is 14.8. The van der Waals surface area contributed by atoms with Crippen LogP contribution >= 0.6 is 0 Å². The molecule has 0 fully saturated rings. The van der Waals surface area contributed by atoms with Gasteiger partial charge in [0.2, 0.25) is 0 Å². The maximum Gasteiger partial charge on any atom is 0.0540 e. The maximum atomic E-state index is 2.46. The van der Waals surface area contributed by atoms with Crippen molar-refractivity contribution in [2.45, 2.75) is 0 Å². The number of nitrogens with zero attached hydrogens (tertiary/aromatic N) is 1. The molecule has 0 aromatic heterocycles. The van der Waals surface area contributed by atoms with E-state index in [1.54, 1.807) is 0 Å². The van der Waals surface area contributed by atoms with Gasteiger partial charge in [0, 0.05) is 16.5 Å². The van der Waals surface area contributed by atoms with Crippen LogP contribution in [0.2, 0.25) is 0 Å². The fourth-order valence-corrected chi connectivity index (χ4v) is 8.19. The van der Waals surface area contributed by atoms with Crippen LogP contribution in [-0.2, 0) is 0 Å². The first-order valence-electron chi connectivity index (χ1n) is 18.3. The van der Waals surface area contributed by atoms with Gasteiger partial charge in [-0.15, -0.1) is 0 Å². The summed E-state index contributed by atoms with van der Waals surface area (Å²) in [6.45, 7) is 0. The second-order valence-corrected chi connectivity index (χ2v) is 13.7. The normalized spacial score (nSPS) is 11.4. The monoisotopic (exact) mass is 673 g/mol. The van der Waals surface area contributed by atoms with E-state index in [1.807, 2.05) is 0 Å². The lowest BCUT2D eigenvalue weighted by molar-refractivity contribution is 1.31. The van der Waals surface area contributed by atoms with Crippen molar-refractivity contribution in [2.75, 3.05) is 4.90 Å². The Kier molecular flexibility index (Phi) is 7.55. The summed E-state index contributed by atoms with van der Waals surface area (Å²) in [5.41, 5.74) is 10.7. The largest absolute Gasteiger partial charge is 0.309 e. The van der Waals surface area contributed by atoms with Crippen molar-refractivity contribution in [2.24, 2.45) is 0 Å². The number of rotatable bonds is 6. The summed E-state index contributed by atoms with van der Waals surface area (Å²) in [6.07, 6.45) is 0. The van der Waals surface area contributed by atoms with Crippen molar-refractivity contribution in [1.29, 1.82) is 0 Å². The molecule has 0 heterocycles. The van der Waals surface area contributed by atoms with Crippen molar-refractivity contribution < 1.29 is 0 Å². The molecule has 0 aliphatic carbocycles. The van der Waals surface area contributed by atoms with Gasteiger partial charge in [-0.3, -0.25) is 0 Å². The van der Waals surface area contributed by atoms with Crippen LogP contribution in [0.4, 0.5) is 17.1 Å². The van der Waals surface area contributed by atoms with E-state index in [1.165, 1.54) is 76.5 Å². The first kappa shape index (κ1) is 30.8. The fraction of sp³-hybridized carbons (Fsp3) is 0. The molecule has 0 aliphatic rings. The van der Waals surface area contributed by atoms with Crippen LogP contribution in [0.1, 0.15) is 0 Å². The minimum absolute atomic E-state index is 1.11. The van der Waals surface area contributed by atoms with Crippen LogP contribution in [0, 0.1) is 0 Å². The summed E-state index contributed by atoms with van der Waals surface area (Å²) in [6, 6.07) is 77.3. The average Bonchev–Trinajstić information content (AvgIpc) is 3.24. The molecule has 0 spiro atoms. The lowest BCUT2D eigenvalue weighted by Crippen LogP contribution is -2.11. The van der Waals surface area contributed by atoms with Crippen LogP contribution in [0.25, 0.3) is 76.5 Å². The van der Waals surface area contributed by atoms with E-state index >= 15 is 0 Å². The summed E-state index contributed by atoms with van der Waals surface area (Å²) in [7, 11) is 0. The molecule has 0 unspecified atom stereocenters. The predicted molar refractivity (Wildman–Crippen MR) is 227 cm³/mol. The highest BCUT2D eigenvalue weighted by Gasteiger charge is 2.21. The molecule has 0 saturated heterocycles. The molecule has 10 aromatic carbocycles. The van der Waals surface area contributed by atoms with Crippen molar-refractivity contribution >= 4 is 60.2 Å². The van der Waals surface area contributed by atoms with Crippen LogP contribution in [0.5, 0.6) is 0 Å². The van der Waals surface area contributed by atoms with Crippen LogP contribution in [-0.4, -0.2) is 0 Å². The standard InChI is InChI=1S/C52H35N/c1-2-14-36(15-3-1)37-28-30-40(31-29-37)53(51-34-32-47(45-22-8-10-24-49(45)51)43-26-12-18-38-16-4-6-20-41(38)43)52-35-33-48(46-23-9-11-25-50(46)52)44-27-13-19-39-17-5-7-21-42(39)44/h1-35H. The second-order valence-electron chi connectivity index (χ2n) is 13.7. The SMILES string of the molecule is c1ccc(-c2ccc(N(c3ccc(-c4cccc5ccccc45)c4ccccc34)c3ccc(-c4cccc5ccccc45)c4ccccc34)cc2)cc1. The molecule has 0 atom stereocenters. The Bertz CT molecular complexity index is 2770. The molecule has 10 rings (SSSR count). The van der Waals surface area contributed by atoms with Crippen molar-refractivity contribution in [3.05, 3.63) is 212 Å². The molecule has 0 radical (unpaired) electrons. The molecule has 10 aromatic rings. The van der Waals surface area contributed by atoms with Gasteiger partial charge in [0.25, 0.3) is 0 Å². The molecule has 0 amide bonds. The minimum atomic E-state index is 1.11. The third kappa shape index (κ3) is 5.34. The zero-order valence-corrected chi connectivity index (χ0v) is 29.2. The zero-order valence-electron chi connectivity index (χ0n) is 29.2. The van der Waals surface area contributed by atoms with Crippen LogP contribution in [0.15, 0.2) is 212 Å². The molecular formula is C52H35N. The molecular weight excluding hydrogens is 639 g/mol. The van der Waals surface area contributed by atoms with Gasteiger partial charge in [-0.25, -0.2) is 0 Å². The Labute approximate surface area is 309 Å². The summed E-state index contributed by atoms with van der Waals surface area (Å²) in [4.78, 5) is 2.46. The summed E-state index contributed by atoms with van der Waals surface area (Å²) in [5, 5.41) is 9.87. The number of benzene rings is 10. The van der Waals surface area contributed by atoms with Gasteiger partial charge in [-0.1, -0.05) is 188 Å². The highest BCUT2D eigenvalue weighted by atomic mass is 15.1. The minimum Gasteiger partial charge on any atom is -0.309 e. The summed E-state index contributed by atoms with van der Waals surface area (Å²) >= 11 is 0. The third-order valence-electron chi connectivity index (χ3n) is 10.7. The molecule has 1 heteroatoms. The van der Waals surface area contributed by atoms with Crippen molar-refractivity contribution in [1.82, 2.24) is 0 Å². The molecule has 0 bridgehead atoms. The lowest BCUT2D eigenvalue weighted by Gasteiger charge is -2.29. The van der Waals surface area contributed by atoms with Gasteiger partial charge in [0.15, 0.2) is 0 Å². The smallest absolute Gasteiger partial charge is 0.0540 e. The Morgan fingerprint density at radius 1 is 0.226 bits per heavy atom. The van der Waals surface area contributed by atoms with E-state index in [4.69, 9.17) is 0 Å². The second kappa shape index (κ2) is 13.0. The van der Waals surface area contributed by atoms with Gasteiger partial charge in [0.1, 0.15) is 0 Å². The van der Waals surface area contributed by atoms with E-state index < -0.39 is 0 Å². The number of fused-ring (bicyclic) bond motifs is 4. The van der Waals surface area contributed by atoms with Crippen molar-refractivity contribution in [3.63, 3.8) is 0 Å². The van der Waals surface area contributed by atoms with Crippen molar-refractivity contribution in [3.8, 4) is 33.4 Å². The zero-order chi connectivity index (χ0) is 35.1. The Morgan fingerprint density at radius 3 is 1.11 bits per heavy atom. The first-order chi connectivity index (χ1) is 26.3. The van der Waals surface area contributed by atoms with Crippen LogP contribution < -0.4 is 4.90 Å². The number of anilines is 3. The highest BCUT2D eigenvalue weighted by molar-refractivity contribution is 6.14. The van der Waals surface area contributed by atoms with Gasteiger partial charge >= 0.3 is 0 Å². The maximum absolute atomic E-state index is 2.46. The van der Waals surface area contributed by atoms with Gasteiger partial charge < -0.3 is 4.90 Å². The Balaban J connectivity index is 1.22. The first-order valence-corrected chi connectivity index (χ1v) is 18.3. The van der Waals surface area contributed by atoms with Gasteiger partial charge in [-0.2, -0.15) is 0 Å². The molecule has 1 nitrogen and oxygen atoms in total. The molecule has 0 aliphatic heterocycles. The molecule has 248 valence electrons. The average molecular weight is 674 g/mol. The molecule has 0 saturated carbocycles. The topological polar surface area (TPSA) is 3.24 Å². The summed E-state index contributed by atoms with van der Waals surface area (Å²) in [5.74, 6) is 0. The third-order valence-corrected chi connectivity index (χ3v) is 10.7. The van der Waals surface area contributed by atoms with Gasteiger partial charge in [-0.05, 0) is 90.0 Å². The number of hydrogen-bond acceptors (Lipinski definition) is 1. The lowest BCUT2D eigenvalue weighted by atomic mass is 9.91. The van der Waals surface area contributed by atoms with E-state index in [0.717, 1.165) is 17.1 Å². The van der Waals surface area contributed by atoms with E-state index in [9.17, 15) is 0 Å². The molecule has 53 heavy (non-hydrogen) atoms. The summed E-state index contributed by atoms with van der Waals surface area (Å²) < 4.78 is 0.